The molecule has 5 nitrogen and oxygen atoms in total. The smallest absolute Gasteiger partial charge is 0.254 e. The first kappa shape index (κ1) is 23.3. The molecular weight excluding hydrogens is 432 g/mol. The Hall–Kier alpha value is -3.44. The van der Waals surface area contributed by atoms with Crippen molar-refractivity contribution in [3.8, 4) is 0 Å². The van der Waals surface area contributed by atoms with Crippen molar-refractivity contribution >= 4 is 16.8 Å². The van der Waals surface area contributed by atoms with Gasteiger partial charge in [-0.2, -0.15) is 0 Å². The highest BCUT2D eigenvalue weighted by atomic mass is 16.1. The Labute approximate surface area is 207 Å². The lowest BCUT2D eigenvalue weighted by molar-refractivity contribution is 0.0951. The van der Waals surface area contributed by atoms with Crippen LogP contribution in [0.4, 0.5) is 0 Å². The van der Waals surface area contributed by atoms with Gasteiger partial charge in [0.05, 0.1) is 5.56 Å². The first-order valence-corrected chi connectivity index (χ1v) is 12.7. The predicted octanol–water partition coefficient (Wildman–Crippen LogP) is 5.73. The van der Waals surface area contributed by atoms with Crippen LogP contribution in [-0.4, -0.2) is 33.4 Å². The Morgan fingerprint density at radius 2 is 1.71 bits per heavy atom. The van der Waals surface area contributed by atoms with Crippen LogP contribution in [0.3, 0.4) is 0 Å². The number of benzene rings is 2. The molecule has 1 aliphatic heterocycles. The molecule has 35 heavy (non-hydrogen) atoms. The maximum atomic E-state index is 13.6. The van der Waals surface area contributed by atoms with Crippen LogP contribution in [0.2, 0.25) is 0 Å². The fourth-order valence-corrected chi connectivity index (χ4v) is 5.26. The number of aromatic nitrogens is 2. The van der Waals surface area contributed by atoms with Gasteiger partial charge in [-0.3, -0.25) is 14.7 Å². The average Bonchev–Trinajstić information content (AvgIpc) is 3.50. The SMILES string of the molecule is CC(C)c1c(C(=O)NCc2cccnc2)c2ccc(CN3CCCC3)cc2n1Cc1ccccc1. The van der Waals surface area contributed by atoms with E-state index in [1.54, 1.807) is 12.4 Å². The van der Waals surface area contributed by atoms with Crippen molar-refractivity contribution in [2.45, 2.75) is 52.2 Å². The second-order valence-corrected chi connectivity index (χ2v) is 9.87. The lowest BCUT2D eigenvalue weighted by atomic mass is 10.0. The fraction of sp³-hybridized carbons (Fsp3) is 0.333. The van der Waals surface area contributed by atoms with Crippen LogP contribution in [-0.2, 0) is 19.6 Å². The number of carbonyl (C=O) groups excluding carboxylic acids is 1. The number of likely N-dealkylation sites (tertiary alicyclic amines) is 1. The van der Waals surface area contributed by atoms with E-state index >= 15 is 0 Å². The minimum atomic E-state index is -0.0262. The normalized spacial score (nSPS) is 14.1. The third-order valence-corrected chi connectivity index (χ3v) is 6.91. The van der Waals surface area contributed by atoms with Gasteiger partial charge in [0.2, 0.25) is 0 Å². The van der Waals surface area contributed by atoms with Gasteiger partial charge in [0.25, 0.3) is 5.91 Å². The molecule has 0 radical (unpaired) electrons. The van der Waals surface area contributed by atoms with Crippen molar-refractivity contribution in [3.05, 3.63) is 101 Å². The molecule has 1 saturated heterocycles. The maximum absolute atomic E-state index is 13.6. The molecule has 180 valence electrons. The third-order valence-electron chi connectivity index (χ3n) is 6.91. The zero-order chi connectivity index (χ0) is 24.2. The van der Waals surface area contributed by atoms with Crippen LogP contribution in [0.5, 0.6) is 0 Å². The van der Waals surface area contributed by atoms with Crippen molar-refractivity contribution in [1.29, 1.82) is 0 Å². The van der Waals surface area contributed by atoms with Gasteiger partial charge in [-0.1, -0.05) is 62.4 Å². The van der Waals surface area contributed by atoms with Crippen LogP contribution in [0.25, 0.3) is 10.9 Å². The Kier molecular flexibility index (Phi) is 6.96. The molecule has 0 unspecified atom stereocenters. The molecule has 1 N–H and O–H groups in total. The Morgan fingerprint density at radius 3 is 2.43 bits per heavy atom. The van der Waals surface area contributed by atoms with Crippen LogP contribution in [0.1, 0.15) is 65.3 Å². The van der Waals surface area contributed by atoms with E-state index in [-0.39, 0.29) is 11.8 Å². The van der Waals surface area contributed by atoms with E-state index in [4.69, 9.17) is 0 Å². The highest BCUT2D eigenvalue weighted by Gasteiger charge is 2.25. The number of hydrogen-bond donors (Lipinski definition) is 1. The first-order chi connectivity index (χ1) is 17.1. The highest BCUT2D eigenvalue weighted by molar-refractivity contribution is 6.08. The van der Waals surface area contributed by atoms with Crippen LogP contribution >= 0.6 is 0 Å². The van der Waals surface area contributed by atoms with Crippen molar-refractivity contribution in [2.24, 2.45) is 0 Å². The quantitative estimate of drug-likeness (QED) is 0.361. The molecule has 1 amide bonds. The zero-order valence-electron chi connectivity index (χ0n) is 20.7. The summed E-state index contributed by atoms with van der Waals surface area (Å²) in [5, 5.41) is 4.18. The van der Waals surface area contributed by atoms with E-state index in [9.17, 15) is 4.79 Å². The maximum Gasteiger partial charge on any atom is 0.254 e. The van der Waals surface area contributed by atoms with Gasteiger partial charge < -0.3 is 9.88 Å². The van der Waals surface area contributed by atoms with Gasteiger partial charge in [-0.15, -0.1) is 0 Å². The van der Waals surface area contributed by atoms with Crippen LogP contribution in [0, 0.1) is 0 Å². The van der Waals surface area contributed by atoms with Gasteiger partial charge in [0.1, 0.15) is 0 Å². The van der Waals surface area contributed by atoms with Crippen molar-refractivity contribution in [3.63, 3.8) is 0 Å². The van der Waals surface area contributed by atoms with E-state index < -0.39 is 0 Å². The molecule has 0 saturated carbocycles. The molecule has 1 fully saturated rings. The molecule has 5 heteroatoms. The Balaban J connectivity index is 1.57. The number of pyridine rings is 1. The molecule has 3 heterocycles. The minimum absolute atomic E-state index is 0.0262. The first-order valence-electron chi connectivity index (χ1n) is 12.7. The van der Waals surface area contributed by atoms with E-state index in [0.29, 0.717) is 6.54 Å². The molecule has 1 aliphatic rings. The lowest BCUT2D eigenvalue weighted by Crippen LogP contribution is -2.24. The topological polar surface area (TPSA) is 50.2 Å². The van der Waals surface area contributed by atoms with Gasteiger partial charge in [0.15, 0.2) is 0 Å². The molecule has 0 atom stereocenters. The monoisotopic (exact) mass is 466 g/mol. The van der Waals surface area contributed by atoms with E-state index in [0.717, 1.165) is 40.8 Å². The Bertz CT molecular complexity index is 1290. The summed E-state index contributed by atoms with van der Waals surface area (Å²) in [6, 6.07) is 21.1. The fourth-order valence-electron chi connectivity index (χ4n) is 5.26. The molecule has 2 aromatic carbocycles. The predicted molar refractivity (Wildman–Crippen MR) is 141 cm³/mol. The molecule has 4 aromatic rings. The molecule has 5 rings (SSSR count). The summed E-state index contributed by atoms with van der Waals surface area (Å²) >= 11 is 0. The molecule has 0 aliphatic carbocycles. The second kappa shape index (κ2) is 10.4. The molecular formula is C30H34N4O. The number of fused-ring (bicyclic) bond motifs is 1. The number of carbonyl (C=O) groups is 1. The van der Waals surface area contributed by atoms with Crippen molar-refractivity contribution < 1.29 is 4.79 Å². The minimum Gasteiger partial charge on any atom is -0.348 e. The number of amides is 1. The van der Waals surface area contributed by atoms with E-state index in [1.165, 1.54) is 37.1 Å². The van der Waals surface area contributed by atoms with E-state index in [1.807, 2.05) is 18.2 Å². The lowest BCUT2D eigenvalue weighted by Gasteiger charge is -2.17. The van der Waals surface area contributed by atoms with Gasteiger partial charge >= 0.3 is 0 Å². The summed E-state index contributed by atoms with van der Waals surface area (Å²) < 4.78 is 2.36. The summed E-state index contributed by atoms with van der Waals surface area (Å²) in [4.78, 5) is 20.3. The standard InChI is InChI=1S/C30H34N4O/c1-22(2)29-28(30(35)32-19-25-11-8-14-31-18-25)26-13-12-24(20-33-15-6-7-16-33)17-27(26)34(29)21-23-9-4-3-5-10-23/h3-5,8-14,17-18,22H,6-7,15-16,19-21H2,1-2H3,(H,32,35). The summed E-state index contributed by atoms with van der Waals surface area (Å²) in [6.07, 6.45) is 6.11. The summed E-state index contributed by atoms with van der Waals surface area (Å²) in [7, 11) is 0. The van der Waals surface area contributed by atoms with E-state index in [2.05, 4.69) is 76.1 Å². The zero-order valence-corrected chi connectivity index (χ0v) is 20.7. The molecule has 0 spiro atoms. The van der Waals surface area contributed by atoms with Gasteiger partial charge in [-0.25, -0.2) is 0 Å². The van der Waals surface area contributed by atoms with Crippen LogP contribution in [0.15, 0.2) is 73.1 Å². The van der Waals surface area contributed by atoms with Gasteiger partial charge in [-0.05, 0) is 60.7 Å². The number of rotatable bonds is 8. The molecule has 0 bridgehead atoms. The second-order valence-electron chi connectivity index (χ2n) is 9.87. The summed E-state index contributed by atoms with van der Waals surface area (Å²) in [5.74, 6) is 0.175. The van der Waals surface area contributed by atoms with Crippen LogP contribution < -0.4 is 5.32 Å². The summed E-state index contributed by atoms with van der Waals surface area (Å²) in [6.45, 7) is 8.87. The molecule has 2 aromatic heterocycles. The number of nitrogens with zero attached hydrogens (tertiary/aromatic N) is 3. The highest BCUT2D eigenvalue weighted by Crippen LogP contribution is 2.33. The van der Waals surface area contributed by atoms with Gasteiger partial charge in [0, 0.05) is 48.6 Å². The largest absolute Gasteiger partial charge is 0.348 e. The number of hydrogen-bond acceptors (Lipinski definition) is 3. The summed E-state index contributed by atoms with van der Waals surface area (Å²) in [5.41, 5.74) is 6.56. The Morgan fingerprint density at radius 1 is 0.943 bits per heavy atom. The average molecular weight is 467 g/mol. The van der Waals surface area contributed by atoms with Crippen molar-refractivity contribution in [2.75, 3.05) is 13.1 Å². The van der Waals surface area contributed by atoms with Crippen molar-refractivity contribution in [1.82, 2.24) is 19.8 Å². The number of nitrogens with one attached hydrogen (secondary N) is 1. The third kappa shape index (κ3) is 5.15.